The number of ether oxygens (including phenoxy) is 1. The number of benzene rings is 4. The highest BCUT2D eigenvalue weighted by Crippen LogP contribution is 2.59. The van der Waals surface area contributed by atoms with E-state index in [0.717, 1.165) is 24.9 Å². The lowest BCUT2D eigenvalue weighted by Gasteiger charge is -2.29. The smallest absolute Gasteiger partial charge is 0.162 e. The molecule has 0 radical (unpaired) electrons. The highest BCUT2D eigenvalue weighted by molar-refractivity contribution is 7.95. The SMILES string of the molecule is CCCCCCCCOc1ccccc1[P+](Cc1ccccc1)(c1ccccc1)c1ccccc1.[Br-]. The summed E-state index contributed by atoms with van der Waals surface area (Å²) in [5.74, 6) is 1.04. The van der Waals surface area contributed by atoms with Crippen LogP contribution in [0.4, 0.5) is 0 Å². The molecule has 188 valence electrons. The largest absolute Gasteiger partial charge is 1.00 e. The van der Waals surface area contributed by atoms with Gasteiger partial charge in [-0.1, -0.05) is 118 Å². The Kier molecular flexibility index (Phi) is 11.7. The second-order valence-corrected chi connectivity index (χ2v) is 12.7. The zero-order chi connectivity index (χ0) is 24.2. The van der Waals surface area contributed by atoms with E-state index in [1.54, 1.807) is 0 Å². The molecule has 0 unspecified atom stereocenters. The predicted molar refractivity (Wildman–Crippen MR) is 154 cm³/mol. The van der Waals surface area contributed by atoms with Crippen LogP contribution in [0.15, 0.2) is 115 Å². The first-order valence-electron chi connectivity index (χ1n) is 13.1. The van der Waals surface area contributed by atoms with E-state index in [1.807, 2.05) is 0 Å². The molecule has 1 nitrogen and oxygen atoms in total. The van der Waals surface area contributed by atoms with Crippen molar-refractivity contribution in [2.24, 2.45) is 0 Å². The molecule has 0 saturated heterocycles. The summed E-state index contributed by atoms with van der Waals surface area (Å²) < 4.78 is 6.56. The van der Waals surface area contributed by atoms with Gasteiger partial charge < -0.3 is 21.7 Å². The van der Waals surface area contributed by atoms with E-state index < -0.39 is 7.26 Å². The first-order chi connectivity index (χ1) is 17.3. The molecular weight excluding hydrogens is 523 g/mol. The van der Waals surface area contributed by atoms with E-state index in [-0.39, 0.29) is 17.0 Å². The molecule has 0 aliphatic carbocycles. The van der Waals surface area contributed by atoms with Crippen molar-refractivity contribution in [2.45, 2.75) is 51.6 Å². The minimum Gasteiger partial charge on any atom is -1.00 e. The summed E-state index contributed by atoms with van der Waals surface area (Å²) in [6, 6.07) is 41.9. The minimum absolute atomic E-state index is 0. The van der Waals surface area contributed by atoms with Crippen LogP contribution >= 0.6 is 7.26 Å². The number of hydrogen-bond acceptors (Lipinski definition) is 1. The molecule has 4 aromatic rings. The molecule has 0 saturated carbocycles. The van der Waals surface area contributed by atoms with Gasteiger partial charge in [0.25, 0.3) is 0 Å². The first kappa shape index (κ1) is 28.2. The van der Waals surface area contributed by atoms with Crippen LogP contribution in [0.1, 0.15) is 51.0 Å². The summed E-state index contributed by atoms with van der Waals surface area (Å²) in [7, 11) is -2.01. The van der Waals surface area contributed by atoms with Crippen LogP contribution < -0.4 is 37.6 Å². The Morgan fingerprint density at radius 1 is 0.556 bits per heavy atom. The highest BCUT2D eigenvalue weighted by Gasteiger charge is 2.47. The second kappa shape index (κ2) is 15.0. The minimum atomic E-state index is -2.01. The summed E-state index contributed by atoms with van der Waals surface area (Å²) in [5, 5.41) is 4.13. The molecule has 0 fully saturated rings. The summed E-state index contributed by atoms with van der Waals surface area (Å²) in [4.78, 5) is 0. The number of hydrogen-bond donors (Lipinski definition) is 0. The molecule has 3 heteroatoms. The fourth-order valence-corrected chi connectivity index (χ4v) is 9.24. The van der Waals surface area contributed by atoms with Crippen LogP contribution in [0.3, 0.4) is 0 Å². The Hall–Kier alpha value is -2.41. The maximum absolute atomic E-state index is 6.56. The standard InChI is InChI=1S/C33H38OP.BrH/c1-2-3-4-5-6-18-27-34-32-25-16-17-26-33(32)35(30-21-12-8-13-22-30,31-23-14-9-15-24-31)28-29-19-10-7-11-20-29;/h7-17,19-26H,2-6,18,27-28H2,1H3;1H/q+1;/p-1. The average Bonchev–Trinajstić information content (AvgIpc) is 2.93. The summed E-state index contributed by atoms with van der Waals surface area (Å²) in [6.07, 6.45) is 8.58. The van der Waals surface area contributed by atoms with Gasteiger partial charge in [0, 0.05) is 0 Å². The lowest BCUT2D eigenvalue weighted by Crippen LogP contribution is -3.00. The van der Waals surface area contributed by atoms with Crippen molar-refractivity contribution in [3.05, 3.63) is 121 Å². The molecule has 4 aromatic carbocycles. The number of para-hydroxylation sites is 1. The molecule has 0 spiro atoms. The van der Waals surface area contributed by atoms with Gasteiger partial charge in [0.05, 0.1) is 12.8 Å². The van der Waals surface area contributed by atoms with Gasteiger partial charge in [0.15, 0.2) is 5.75 Å². The van der Waals surface area contributed by atoms with E-state index in [1.165, 1.54) is 53.6 Å². The van der Waals surface area contributed by atoms with Crippen molar-refractivity contribution in [1.29, 1.82) is 0 Å². The van der Waals surface area contributed by atoms with Crippen LogP contribution in [0.5, 0.6) is 5.75 Å². The highest BCUT2D eigenvalue weighted by atomic mass is 79.9. The van der Waals surface area contributed by atoms with Crippen LogP contribution in [-0.4, -0.2) is 6.61 Å². The Bertz CT molecular complexity index is 1090. The van der Waals surface area contributed by atoms with Crippen LogP contribution in [-0.2, 0) is 6.16 Å². The molecular formula is C33H38BrOP. The third-order valence-electron chi connectivity index (χ3n) is 6.69. The molecule has 0 amide bonds. The van der Waals surface area contributed by atoms with Crippen LogP contribution in [0.25, 0.3) is 0 Å². The van der Waals surface area contributed by atoms with Gasteiger partial charge in [-0.2, -0.15) is 0 Å². The predicted octanol–water partition coefficient (Wildman–Crippen LogP) is 4.92. The Labute approximate surface area is 229 Å². The Morgan fingerprint density at radius 3 is 1.67 bits per heavy atom. The molecule has 0 aliphatic rings. The summed E-state index contributed by atoms with van der Waals surface area (Å²) in [5.41, 5.74) is 1.36. The molecule has 0 N–H and O–H groups in total. The molecule has 0 bridgehead atoms. The lowest BCUT2D eigenvalue weighted by atomic mass is 10.1. The van der Waals surface area contributed by atoms with E-state index in [2.05, 4.69) is 122 Å². The molecule has 0 heterocycles. The Morgan fingerprint density at radius 2 is 1.06 bits per heavy atom. The monoisotopic (exact) mass is 560 g/mol. The fraction of sp³-hybridized carbons (Fsp3) is 0.273. The third kappa shape index (κ3) is 7.09. The zero-order valence-electron chi connectivity index (χ0n) is 21.4. The van der Waals surface area contributed by atoms with Gasteiger partial charge in [0.1, 0.15) is 23.2 Å². The molecule has 36 heavy (non-hydrogen) atoms. The lowest BCUT2D eigenvalue weighted by molar-refractivity contribution is -0.00000749. The van der Waals surface area contributed by atoms with E-state index >= 15 is 0 Å². The van der Waals surface area contributed by atoms with Crippen molar-refractivity contribution in [1.82, 2.24) is 0 Å². The number of unbranched alkanes of at least 4 members (excludes halogenated alkanes) is 5. The number of halogens is 1. The fourth-order valence-electron chi connectivity index (χ4n) is 4.88. The summed E-state index contributed by atoms with van der Waals surface area (Å²) in [6.45, 7) is 3.04. The first-order valence-corrected chi connectivity index (χ1v) is 15.1. The van der Waals surface area contributed by atoms with E-state index in [9.17, 15) is 0 Å². The zero-order valence-corrected chi connectivity index (χ0v) is 23.8. The van der Waals surface area contributed by atoms with Gasteiger partial charge in [-0.25, -0.2) is 0 Å². The van der Waals surface area contributed by atoms with Crippen LogP contribution in [0, 0.1) is 0 Å². The van der Waals surface area contributed by atoms with Crippen molar-refractivity contribution < 1.29 is 21.7 Å². The van der Waals surface area contributed by atoms with E-state index in [4.69, 9.17) is 4.74 Å². The average molecular weight is 562 g/mol. The van der Waals surface area contributed by atoms with Crippen LogP contribution in [0.2, 0.25) is 0 Å². The van der Waals surface area contributed by atoms with E-state index in [0.29, 0.717) is 0 Å². The Balaban J connectivity index is 0.00000361. The maximum Gasteiger partial charge on any atom is 0.162 e. The van der Waals surface area contributed by atoms with Crippen molar-refractivity contribution in [3.8, 4) is 5.75 Å². The quantitative estimate of drug-likeness (QED) is 0.166. The van der Waals surface area contributed by atoms with Gasteiger partial charge in [-0.15, -0.1) is 0 Å². The van der Waals surface area contributed by atoms with Crippen molar-refractivity contribution in [2.75, 3.05) is 6.61 Å². The topological polar surface area (TPSA) is 9.23 Å². The number of rotatable bonds is 13. The van der Waals surface area contributed by atoms with Gasteiger partial charge in [0.2, 0.25) is 0 Å². The van der Waals surface area contributed by atoms with Crippen molar-refractivity contribution in [3.63, 3.8) is 0 Å². The molecule has 0 atom stereocenters. The summed E-state index contributed by atoms with van der Waals surface area (Å²) >= 11 is 0. The van der Waals surface area contributed by atoms with Gasteiger partial charge in [-0.05, 0) is 48.4 Å². The second-order valence-electron chi connectivity index (χ2n) is 9.21. The van der Waals surface area contributed by atoms with Gasteiger partial charge in [-0.3, -0.25) is 0 Å². The van der Waals surface area contributed by atoms with Gasteiger partial charge >= 0.3 is 0 Å². The molecule has 4 rings (SSSR count). The molecule has 0 aliphatic heterocycles. The van der Waals surface area contributed by atoms with Crippen molar-refractivity contribution >= 4 is 23.2 Å². The third-order valence-corrected chi connectivity index (χ3v) is 11.1. The normalized spacial score (nSPS) is 11.0. The molecule has 0 aromatic heterocycles. The maximum atomic E-state index is 6.56.